The predicted molar refractivity (Wildman–Crippen MR) is 85.3 cm³/mol. The van der Waals surface area contributed by atoms with Crippen LogP contribution < -0.4 is 9.47 Å². The Bertz CT molecular complexity index is 664. The van der Waals surface area contributed by atoms with Gasteiger partial charge in [-0.3, -0.25) is 4.68 Å². The topological polar surface area (TPSA) is 36.3 Å². The third-order valence-electron chi connectivity index (χ3n) is 3.16. The molecule has 112 valence electrons. The van der Waals surface area contributed by atoms with Gasteiger partial charge >= 0.3 is 0 Å². The van der Waals surface area contributed by atoms with Crippen LogP contribution in [0.3, 0.4) is 0 Å². The standard InChI is InChI=1S/C18H18N2O2/c1-2-6-17(7-3-1)22-18-10-8-16(9-11-18)21-15-5-14-20-13-4-12-19-20/h1-4,6-13H,5,14-15H2. The summed E-state index contributed by atoms with van der Waals surface area (Å²) in [4.78, 5) is 0. The van der Waals surface area contributed by atoms with Crippen molar-refractivity contribution < 1.29 is 9.47 Å². The van der Waals surface area contributed by atoms with Crippen molar-refractivity contribution in [2.45, 2.75) is 13.0 Å². The van der Waals surface area contributed by atoms with Gasteiger partial charge in [0.15, 0.2) is 0 Å². The molecule has 0 atom stereocenters. The molecular formula is C18H18N2O2. The molecule has 1 heterocycles. The van der Waals surface area contributed by atoms with E-state index >= 15 is 0 Å². The van der Waals surface area contributed by atoms with E-state index in [0.717, 1.165) is 30.2 Å². The third kappa shape index (κ3) is 4.12. The van der Waals surface area contributed by atoms with Gasteiger partial charge in [-0.25, -0.2) is 0 Å². The van der Waals surface area contributed by atoms with Gasteiger partial charge in [0, 0.05) is 25.4 Å². The summed E-state index contributed by atoms with van der Waals surface area (Å²) < 4.78 is 13.4. The minimum Gasteiger partial charge on any atom is -0.494 e. The molecule has 1 aromatic heterocycles. The Labute approximate surface area is 129 Å². The summed E-state index contributed by atoms with van der Waals surface area (Å²) in [7, 11) is 0. The number of nitrogens with zero attached hydrogens (tertiary/aromatic N) is 2. The second-order valence-electron chi connectivity index (χ2n) is 4.86. The van der Waals surface area contributed by atoms with E-state index in [0.29, 0.717) is 6.61 Å². The smallest absolute Gasteiger partial charge is 0.127 e. The zero-order chi connectivity index (χ0) is 15.0. The molecule has 2 aromatic carbocycles. The summed E-state index contributed by atoms with van der Waals surface area (Å²) in [5.41, 5.74) is 0. The molecule has 0 radical (unpaired) electrons. The van der Waals surface area contributed by atoms with E-state index in [2.05, 4.69) is 5.10 Å². The van der Waals surface area contributed by atoms with Crippen LogP contribution in [0, 0.1) is 0 Å². The molecule has 0 bridgehead atoms. The first-order valence-electron chi connectivity index (χ1n) is 7.33. The van der Waals surface area contributed by atoms with E-state index in [1.54, 1.807) is 6.20 Å². The molecule has 0 spiro atoms. The Balaban J connectivity index is 1.45. The number of aromatic nitrogens is 2. The maximum atomic E-state index is 5.74. The molecule has 4 heteroatoms. The summed E-state index contributed by atoms with van der Waals surface area (Å²) in [6, 6.07) is 19.3. The Morgan fingerprint density at radius 2 is 1.55 bits per heavy atom. The molecule has 0 unspecified atom stereocenters. The molecule has 0 aliphatic heterocycles. The van der Waals surface area contributed by atoms with Crippen molar-refractivity contribution >= 4 is 0 Å². The average molecular weight is 294 g/mol. The molecule has 3 rings (SSSR count). The monoisotopic (exact) mass is 294 g/mol. The van der Waals surface area contributed by atoms with Gasteiger partial charge in [0.1, 0.15) is 17.2 Å². The van der Waals surface area contributed by atoms with Gasteiger partial charge in [0.2, 0.25) is 0 Å². The predicted octanol–water partition coefficient (Wildman–Crippen LogP) is 4.14. The Morgan fingerprint density at radius 1 is 0.818 bits per heavy atom. The molecule has 0 aliphatic rings. The Kier molecular flexibility index (Phi) is 4.72. The minimum absolute atomic E-state index is 0.665. The van der Waals surface area contributed by atoms with Gasteiger partial charge in [0.05, 0.1) is 6.61 Å². The van der Waals surface area contributed by atoms with E-state index in [1.165, 1.54) is 0 Å². The average Bonchev–Trinajstić information content (AvgIpc) is 3.07. The molecule has 0 aliphatic carbocycles. The maximum Gasteiger partial charge on any atom is 0.127 e. The zero-order valence-corrected chi connectivity index (χ0v) is 12.3. The van der Waals surface area contributed by atoms with Gasteiger partial charge in [-0.2, -0.15) is 5.10 Å². The summed E-state index contributed by atoms with van der Waals surface area (Å²) in [6.07, 6.45) is 4.66. The van der Waals surface area contributed by atoms with Crippen LogP contribution >= 0.6 is 0 Å². The Hall–Kier alpha value is -2.75. The first-order chi connectivity index (χ1) is 10.9. The van der Waals surface area contributed by atoms with Gasteiger partial charge in [-0.1, -0.05) is 18.2 Å². The molecule has 0 saturated heterocycles. The molecule has 0 saturated carbocycles. The second-order valence-corrected chi connectivity index (χ2v) is 4.86. The van der Waals surface area contributed by atoms with Gasteiger partial charge in [-0.05, 0) is 42.5 Å². The van der Waals surface area contributed by atoms with Crippen LogP contribution in [0.2, 0.25) is 0 Å². The van der Waals surface area contributed by atoms with Crippen LogP contribution in [0.25, 0.3) is 0 Å². The molecular weight excluding hydrogens is 276 g/mol. The SMILES string of the molecule is c1ccc(Oc2ccc(OCCCn3cccn3)cc2)cc1. The molecule has 22 heavy (non-hydrogen) atoms. The third-order valence-corrected chi connectivity index (χ3v) is 3.16. The fourth-order valence-electron chi connectivity index (χ4n) is 2.08. The van der Waals surface area contributed by atoms with E-state index in [9.17, 15) is 0 Å². The minimum atomic E-state index is 0.665. The lowest BCUT2D eigenvalue weighted by atomic mass is 10.3. The van der Waals surface area contributed by atoms with Crippen molar-refractivity contribution in [3.05, 3.63) is 73.1 Å². The quantitative estimate of drug-likeness (QED) is 0.614. The van der Waals surface area contributed by atoms with Gasteiger partial charge < -0.3 is 9.47 Å². The van der Waals surface area contributed by atoms with Crippen LogP contribution in [-0.4, -0.2) is 16.4 Å². The number of hydrogen-bond acceptors (Lipinski definition) is 3. The number of benzene rings is 2. The highest BCUT2D eigenvalue weighted by atomic mass is 16.5. The fraction of sp³-hybridized carbons (Fsp3) is 0.167. The lowest BCUT2D eigenvalue weighted by Gasteiger charge is -2.08. The van der Waals surface area contributed by atoms with E-state index in [4.69, 9.17) is 9.47 Å². The van der Waals surface area contributed by atoms with Crippen molar-refractivity contribution in [2.24, 2.45) is 0 Å². The first-order valence-corrected chi connectivity index (χ1v) is 7.33. The molecule has 3 aromatic rings. The van der Waals surface area contributed by atoms with Crippen LogP contribution in [0.1, 0.15) is 6.42 Å². The molecule has 0 N–H and O–H groups in total. The number of hydrogen-bond donors (Lipinski definition) is 0. The van der Waals surface area contributed by atoms with E-state index in [1.807, 2.05) is 71.5 Å². The lowest BCUT2D eigenvalue weighted by Crippen LogP contribution is -2.04. The fourth-order valence-corrected chi connectivity index (χ4v) is 2.08. The van der Waals surface area contributed by atoms with Gasteiger partial charge in [-0.15, -0.1) is 0 Å². The van der Waals surface area contributed by atoms with Crippen molar-refractivity contribution in [1.82, 2.24) is 9.78 Å². The number of para-hydroxylation sites is 1. The Morgan fingerprint density at radius 3 is 2.27 bits per heavy atom. The summed E-state index contributed by atoms with van der Waals surface area (Å²) in [6.45, 7) is 1.53. The van der Waals surface area contributed by atoms with Crippen molar-refractivity contribution in [2.75, 3.05) is 6.61 Å². The number of rotatable bonds is 7. The van der Waals surface area contributed by atoms with Crippen molar-refractivity contribution in [3.63, 3.8) is 0 Å². The number of ether oxygens (including phenoxy) is 2. The van der Waals surface area contributed by atoms with Crippen LogP contribution in [0.4, 0.5) is 0 Å². The first kappa shape index (κ1) is 14.2. The van der Waals surface area contributed by atoms with Crippen LogP contribution in [0.5, 0.6) is 17.2 Å². The largest absolute Gasteiger partial charge is 0.494 e. The molecule has 0 amide bonds. The zero-order valence-electron chi connectivity index (χ0n) is 12.3. The summed E-state index contributed by atoms with van der Waals surface area (Å²) in [5.74, 6) is 2.48. The molecule has 4 nitrogen and oxygen atoms in total. The number of aryl methyl sites for hydroxylation is 1. The highest BCUT2D eigenvalue weighted by molar-refractivity contribution is 5.35. The van der Waals surface area contributed by atoms with E-state index < -0.39 is 0 Å². The van der Waals surface area contributed by atoms with Crippen LogP contribution in [0.15, 0.2) is 73.1 Å². The lowest BCUT2D eigenvalue weighted by molar-refractivity contribution is 0.298. The molecule has 0 fully saturated rings. The summed E-state index contributed by atoms with van der Waals surface area (Å²) in [5, 5.41) is 4.16. The highest BCUT2D eigenvalue weighted by Gasteiger charge is 1.98. The second kappa shape index (κ2) is 7.31. The van der Waals surface area contributed by atoms with E-state index in [-0.39, 0.29) is 0 Å². The van der Waals surface area contributed by atoms with Crippen LogP contribution in [-0.2, 0) is 6.54 Å². The summed E-state index contributed by atoms with van der Waals surface area (Å²) >= 11 is 0. The highest BCUT2D eigenvalue weighted by Crippen LogP contribution is 2.23. The maximum absolute atomic E-state index is 5.74. The van der Waals surface area contributed by atoms with Crippen molar-refractivity contribution in [3.8, 4) is 17.2 Å². The van der Waals surface area contributed by atoms with Gasteiger partial charge in [0.25, 0.3) is 0 Å². The van der Waals surface area contributed by atoms with Crippen molar-refractivity contribution in [1.29, 1.82) is 0 Å². The normalized spacial score (nSPS) is 10.4.